The highest BCUT2D eigenvalue weighted by molar-refractivity contribution is 7.89. The SMILES string of the molecule is [2H]C1([2H])C[C@H]2[C@@H](OC(=O)N[C@@H](Cc3ccccc3)[C@H](O)CN(CC(C)C)S(=O)(=O)c3ccc(N)cc3)CO[C@@]2([2H])O1. The summed E-state index contributed by atoms with van der Waals surface area (Å²) < 4.78 is 68.0. The number of nitrogen functional groups attached to an aromatic ring is 1. The van der Waals surface area contributed by atoms with Gasteiger partial charge in [0, 0.05) is 18.8 Å². The van der Waals surface area contributed by atoms with Crippen LogP contribution in [0.5, 0.6) is 0 Å². The molecule has 0 bridgehead atoms. The molecule has 2 aliphatic rings. The Morgan fingerprint density at radius 1 is 1.21 bits per heavy atom. The average molecular weight is 551 g/mol. The largest absolute Gasteiger partial charge is 0.443 e. The van der Waals surface area contributed by atoms with Crippen molar-refractivity contribution in [1.82, 2.24) is 9.62 Å². The number of amides is 1. The van der Waals surface area contributed by atoms with E-state index in [0.29, 0.717) is 5.69 Å². The predicted molar refractivity (Wildman–Crippen MR) is 142 cm³/mol. The first-order valence-corrected chi connectivity index (χ1v) is 14.0. The second-order valence-corrected chi connectivity index (χ2v) is 11.9. The third-order valence-corrected chi connectivity index (χ3v) is 8.27. The van der Waals surface area contributed by atoms with Gasteiger partial charge in [-0.1, -0.05) is 44.2 Å². The molecule has 0 saturated carbocycles. The molecule has 1 amide bonds. The minimum absolute atomic E-state index is 0.0327. The van der Waals surface area contributed by atoms with E-state index in [1.54, 1.807) is 0 Å². The van der Waals surface area contributed by atoms with E-state index in [1.807, 2.05) is 44.2 Å². The van der Waals surface area contributed by atoms with E-state index in [0.717, 1.165) is 5.56 Å². The number of carbonyl (C=O) groups excluding carboxylic acids is 1. The maximum Gasteiger partial charge on any atom is 0.407 e. The Bertz CT molecular complexity index is 1300. The lowest BCUT2D eigenvalue weighted by atomic mass is 10.0. The van der Waals surface area contributed by atoms with Crippen LogP contribution in [0.4, 0.5) is 10.5 Å². The van der Waals surface area contributed by atoms with Gasteiger partial charge in [-0.05, 0) is 48.6 Å². The number of hydrogen-bond acceptors (Lipinski definition) is 8. The van der Waals surface area contributed by atoms with Gasteiger partial charge in [0.05, 0.1) is 40.2 Å². The van der Waals surface area contributed by atoms with Gasteiger partial charge in [0.25, 0.3) is 0 Å². The highest BCUT2D eigenvalue weighted by Crippen LogP contribution is 2.33. The van der Waals surface area contributed by atoms with Crippen LogP contribution in [0.1, 0.15) is 29.9 Å². The Morgan fingerprint density at radius 3 is 2.61 bits per heavy atom. The van der Waals surface area contributed by atoms with Crippen molar-refractivity contribution >= 4 is 21.8 Å². The molecule has 2 aliphatic heterocycles. The van der Waals surface area contributed by atoms with Crippen LogP contribution in [-0.2, 0) is 30.7 Å². The van der Waals surface area contributed by atoms with Crippen molar-refractivity contribution in [2.45, 2.75) is 56.1 Å². The van der Waals surface area contributed by atoms with Crippen molar-refractivity contribution in [2.24, 2.45) is 11.8 Å². The van der Waals surface area contributed by atoms with E-state index in [-0.39, 0.29) is 43.4 Å². The van der Waals surface area contributed by atoms with Gasteiger partial charge in [-0.15, -0.1) is 0 Å². The highest BCUT2D eigenvalue weighted by atomic mass is 32.2. The molecule has 208 valence electrons. The number of sulfonamides is 1. The van der Waals surface area contributed by atoms with Gasteiger partial charge in [-0.2, -0.15) is 4.31 Å². The van der Waals surface area contributed by atoms with Crippen molar-refractivity contribution in [3.05, 3.63) is 60.2 Å². The molecule has 0 spiro atoms. The normalized spacial score (nSPS) is 27.2. The molecule has 5 atom stereocenters. The van der Waals surface area contributed by atoms with Gasteiger partial charge < -0.3 is 30.4 Å². The van der Waals surface area contributed by atoms with E-state index in [4.69, 9.17) is 24.1 Å². The number of alkyl carbamates (subject to hydrolysis) is 1. The summed E-state index contributed by atoms with van der Waals surface area (Å²) >= 11 is 0. The summed E-state index contributed by atoms with van der Waals surface area (Å²) in [5, 5.41) is 14.0. The van der Waals surface area contributed by atoms with Crippen molar-refractivity contribution in [1.29, 1.82) is 0 Å². The molecule has 4 rings (SSSR count). The van der Waals surface area contributed by atoms with Crippen molar-refractivity contribution in [3.8, 4) is 0 Å². The number of rotatable bonds is 11. The Hall–Kier alpha value is -2.70. The molecule has 0 unspecified atom stereocenters. The number of anilines is 1. The molecule has 4 N–H and O–H groups in total. The van der Waals surface area contributed by atoms with Crippen molar-refractivity contribution in [2.75, 3.05) is 32.0 Å². The lowest BCUT2D eigenvalue weighted by Gasteiger charge is -2.31. The van der Waals surface area contributed by atoms with Crippen LogP contribution in [0.3, 0.4) is 0 Å². The summed E-state index contributed by atoms with van der Waals surface area (Å²) in [6.07, 6.45) is -5.14. The number of nitrogens with two attached hydrogens (primary N) is 1. The maximum absolute atomic E-state index is 13.5. The third-order valence-electron chi connectivity index (χ3n) is 6.42. The Labute approximate surface area is 228 Å². The topological polar surface area (TPSA) is 140 Å². The molecule has 0 aromatic heterocycles. The first-order chi connectivity index (χ1) is 19.2. The minimum Gasteiger partial charge on any atom is -0.443 e. The van der Waals surface area contributed by atoms with E-state index in [1.165, 1.54) is 28.6 Å². The average Bonchev–Trinajstić information content (AvgIpc) is 3.31. The molecular weight excluding hydrogens is 510 g/mol. The van der Waals surface area contributed by atoms with E-state index >= 15 is 0 Å². The highest BCUT2D eigenvalue weighted by Gasteiger charge is 2.44. The van der Waals surface area contributed by atoms with Gasteiger partial charge in [0.15, 0.2) is 6.27 Å². The van der Waals surface area contributed by atoms with Gasteiger partial charge in [-0.25, -0.2) is 13.2 Å². The molecule has 11 heteroatoms. The molecule has 2 aromatic rings. The molecule has 38 heavy (non-hydrogen) atoms. The smallest absolute Gasteiger partial charge is 0.407 e. The number of aliphatic hydroxyl groups is 1. The molecule has 0 radical (unpaired) electrons. The van der Waals surface area contributed by atoms with Crippen molar-refractivity contribution < 1.29 is 36.6 Å². The molecule has 2 aromatic carbocycles. The monoisotopic (exact) mass is 550 g/mol. The Morgan fingerprint density at radius 2 is 1.92 bits per heavy atom. The van der Waals surface area contributed by atoms with E-state index < -0.39 is 53.1 Å². The number of fused-ring (bicyclic) bond motifs is 1. The Balaban J connectivity index is 1.52. The van der Waals surface area contributed by atoms with Crippen molar-refractivity contribution in [3.63, 3.8) is 0 Å². The van der Waals surface area contributed by atoms with Crippen LogP contribution in [0.15, 0.2) is 59.5 Å². The third kappa shape index (κ3) is 7.03. The summed E-state index contributed by atoms with van der Waals surface area (Å²) in [6.45, 7) is 1.31. The van der Waals surface area contributed by atoms with Crippen LogP contribution >= 0.6 is 0 Å². The Kier molecular flexibility index (Phi) is 7.97. The number of carbonyl (C=O) groups is 1. The molecular formula is C27H37N3O7S. The summed E-state index contributed by atoms with van der Waals surface area (Å²) in [5.74, 6) is -0.897. The van der Waals surface area contributed by atoms with Crippen LogP contribution in [-0.4, -0.2) is 74.7 Å². The number of benzene rings is 2. The number of nitrogens with one attached hydrogen (secondary N) is 1. The fourth-order valence-corrected chi connectivity index (χ4v) is 6.08. The fraction of sp³-hybridized carbons (Fsp3) is 0.519. The van der Waals surface area contributed by atoms with Crippen LogP contribution in [0.2, 0.25) is 0 Å². The molecule has 0 aliphatic carbocycles. The van der Waals surface area contributed by atoms with Crippen LogP contribution in [0, 0.1) is 11.8 Å². The molecule has 2 heterocycles. The minimum atomic E-state index is -4.00. The predicted octanol–water partition coefficient (Wildman–Crippen LogP) is 2.38. The zero-order chi connectivity index (χ0) is 30.0. The fourth-order valence-electron chi connectivity index (χ4n) is 4.45. The van der Waals surface area contributed by atoms with Gasteiger partial charge >= 0.3 is 6.09 Å². The second kappa shape index (κ2) is 12.4. The van der Waals surface area contributed by atoms with E-state index in [2.05, 4.69) is 5.32 Å². The number of hydrogen-bond donors (Lipinski definition) is 3. The quantitative estimate of drug-likeness (QED) is 0.362. The van der Waals surface area contributed by atoms with Crippen LogP contribution < -0.4 is 11.1 Å². The summed E-state index contributed by atoms with van der Waals surface area (Å²) in [6, 6.07) is 13.9. The first-order valence-electron chi connectivity index (χ1n) is 14.1. The number of nitrogens with zero attached hydrogens (tertiary/aromatic N) is 1. The summed E-state index contributed by atoms with van der Waals surface area (Å²) in [4.78, 5) is 13.1. The molecule has 10 nitrogen and oxygen atoms in total. The summed E-state index contributed by atoms with van der Waals surface area (Å²) in [5.41, 5.74) is 6.94. The zero-order valence-corrected chi connectivity index (χ0v) is 22.3. The lowest BCUT2D eigenvalue weighted by Crippen LogP contribution is -2.51. The zero-order valence-electron chi connectivity index (χ0n) is 24.4. The van der Waals surface area contributed by atoms with Gasteiger partial charge in [0.2, 0.25) is 10.0 Å². The number of aliphatic hydroxyl groups excluding tert-OH is 1. The molecule has 2 fully saturated rings. The van der Waals surface area contributed by atoms with Gasteiger partial charge in [-0.3, -0.25) is 0 Å². The van der Waals surface area contributed by atoms with E-state index in [9.17, 15) is 18.3 Å². The van der Waals surface area contributed by atoms with Gasteiger partial charge in [0.1, 0.15) is 6.10 Å². The van der Waals surface area contributed by atoms with Crippen LogP contribution in [0.25, 0.3) is 0 Å². The first kappa shape index (κ1) is 24.3. The molecule has 2 saturated heterocycles. The second-order valence-electron chi connectivity index (χ2n) is 9.92. The standard InChI is InChI=1S/C27H37N3O7S/c1-18(2)15-30(38(33,34)21-10-8-20(28)9-11-21)16-24(31)23(14-19-6-4-3-5-7-19)29-27(32)37-25-17-36-26-22(25)12-13-35-26/h3-11,18,22-26,31H,12-17,28H2,1-2H3,(H,29,32)/t22-,23-,24+,25-,26+/m0/s1/i13D2,26D. The lowest BCUT2D eigenvalue weighted by molar-refractivity contribution is -0.0907. The maximum atomic E-state index is 13.5. The summed E-state index contributed by atoms with van der Waals surface area (Å²) in [7, 11) is -4.00. The number of ether oxygens (including phenoxy) is 3.